The lowest BCUT2D eigenvalue weighted by atomic mass is 9.94. The standard InChI is InChI=1S/C32H34FN3O4/c1-39-28-17-12-21(18-29(28)40-2)31(32(38)35-24-8-4-3-5-9-24)36(25-15-13-23(33)14-16-25)30(37)19-22-20-34-27-11-7-6-10-26(22)27/h6-7,10-18,20,24,31,34H,3-5,8-9,19H2,1-2H3,(H,35,38). The van der Waals surface area contributed by atoms with Crippen molar-refractivity contribution < 1.29 is 23.5 Å². The zero-order valence-electron chi connectivity index (χ0n) is 22.8. The van der Waals surface area contributed by atoms with Crippen LogP contribution in [0.2, 0.25) is 0 Å². The summed E-state index contributed by atoms with van der Waals surface area (Å²) in [6.45, 7) is 0. The van der Waals surface area contributed by atoms with E-state index >= 15 is 0 Å². The Morgan fingerprint density at radius 3 is 2.42 bits per heavy atom. The van der Waals surface area contributed by atoms with Gasteiger partial charge in [-0.05, 0) is 66.4 Å². The van der Waals surface area contributed by atoms with Crippen LogP contribution in [0.1, 0.15) is 49.3 Å². The van der Waals surface area contributed by atoms with Gasteiger partial charge in [0.2, 0.25) is 11.8 Å². The summed E-state index contributed by atoms with van der Waals surface area (Å²) in [5.41, 5.74) is 2.71. The van der Waals surface area contributed by atoms with Crippen LogP contribution >= 0.6 is 0 Å². The van der Waals surface area contributed by atoms with Crippen LogP contribution in [0.25, 0.3) is 10.9 Å². The summed E-state index contributed by atoms with van der Waals surface area (Å²) in [5, 5.41) is 4.14. The second-order valence-electron chi connectivity index (χ2n) is 10.1. The normalized spacial score (nSPS) is 14.5. The summed E-state index contributed by atoms with van der Waals surface area (Å²) >= 11 is 0. The molecule has 1 aromatic heterocycles. The SMILES string of the molecule is COc1ccc(C(C(=O)NC2CCCCC2)N(C(=O)Cc2c[nH]c3ccccc23)c2ccc(F)cc2)cc1OC. The molecule has 0 aliphatic heterocycles. The number of rotatable bonds is 9. The summed E-state index contributed by atoms with van der Waals surface area (Å²) in [4.78, 5) is 33.0. The highest BCUT2D eigenvalue weighted by Crippen LogP contribution is 2.35. The quantitative estimate of drug-likeness (QED) is 0.268. The van der Waals surface area contributed by atoms with E-state index in [9.17, 15) is 14.0 Å². The Labute approximate surface area is 233 Å². The van der Waals surface area contributed by atoms with Gasteiger partial charge in [0.05, 0.1) is 20.6 Å². The van der Waals surface area contributed by atoms with Crippen LogP contribution in [0, 0.1) is 5.82 Å². The average Bonchev–Trinajstić information content (AvgIpc) is 3.39. The predicted molar refractivity (Wildman–Crippen MR) is 153 cm³/mol. The highest BCUT2D eigenvalue weighted by molar-refractivity contribution is 6.03. The minimum atomic E-state index is -1.02. The van der Waals surface area contributed by atoms with Crippen molar-refractivity contribution in [2.45, 2.75) is 50.6 Å². The molecule has 5 rings (SSSR count). The molecule has 2 amide bonds. The molecular formula is C32H34FN3O4. The number of ether oxygens (including phenoxy) is 2. The Morgan fingerprint density at radius 1 is 0.975 bits per heavy atom. The van der Waals surface area contributed by atoms with E-state index in [0.717, 1.165) is 48.6 Å². The third kappa shape index (κ3) is 5.81. The summed E-state index contributed by atoms with van der Waals surface area (Å²) in [5.74, 6) is -0.0671. The third-order valence-corrected chi connectivity index (χ3v) is 7.57. The van der Waals surface area contributed by atoms with Crippen LogP contribution < -0.4 is 19.7 Å². The first-order chi connectivity index (χ1) is 19.5. The van der Waals surface area contributed by atoms with E-state index in [2.05, 4.69) is 10.3 Å². The minimum absolute atomic E-state index is 0.0303. The van der Waals surface area contributed by atoms with Gasteiger partial charge in [-0.1, -0.05) is 43.5 Å². The van der Waals surface area contributed by atoms with Gasteiger partial charge in [-0.3, -0.25) is 14.5 Å². The van der Waals surface area contributed by atoms with Crippen molar-refractivity contribution in [2.24, 2.45) is 0 Å². The van der Waals surface area contributed by atoms with Crippen molar-refractivity contribution in [1.82, 2.24) is 10.3 Å². The van der Waals surface area contributed by atoms with Gasteiger partial charge in [0.25, 0.3) is 0 Å². The lowest BCUT2D eigenvalue weighted by molar-refractivity contribution is -0.127. The van der Waals surface area contributed by atoms with Crippen molar-refractivity contribution in [2.75, 3.05) is 19.1 Å². The van der Waals surface area contributed by atoms with E-state index in [1.807, 2.05) is 30.5 Å². The Morgan fingerprint density at radius 2 is 1.70 bits per heavy atom. The van der Waals surface area contributed by atoms with Crippen LogP contribution in [-0.2, 0) is 16.0 Å². The molecule has 8 heteroatoms. The van der Waals surface area contributed by atoms with Crippen LogP contribution in [0.15, 0.2) is 72.9 Å². The fourth-order valence-corrected chi connectivity index (χ4v) is 5.53. The predicted octanol–water partition coefficient (Wildman–Crippen LogP) is 6.09. The maximum atomic E-state index is 14.2. The number of hydrogen-bond donors (Lipinski definition) is 2. The average molecular weight is 544 g/mol. The van der Waals surface area contributed by atoms with Gasteiger partial charge in [0.1, 0.15) is 11.9 Å². The molecule has 4 aromatic rings. The number of nitrogens with zero attached hydrogens (tertiary/aromatic N) is 1. The van der Waals surface area contributed by atoms with Crippen molar-refractivity contribution in [3.05, 3.63) is 89.9 Å². The number of hydrogen-bond acceptors (Lipinski definition) is 4. The zero-order valence-corrected chi connectivity index (χ0v) is 22.8. The number of benzene rings is 3. The van der Waals surface area contributed by atoms with Gasteiger partial charge in [0, 0.05) is 28.8 Å². The molecule has 0 spiro atoms. The number of halogens is 1. The lowest BCUT2D eigenvalue weighted by Crippen LogP contribution is -2.47. The number of methoxy groups -OCH3 is 2. The molecule has 1 atom stereocenters. The summed E-state index contributed by atoms with van der Waals surface area (Å²) in [6, 6.07) is 17.6. The molecule has 40 heavy (non-hydrogen) atoms. The van der Waals surface area contributed by atoms with Crippen molar-refractivity contribution in [1.29, 1.82) is 0 Å². The Kier molecular flexibility index (Phi) is 8.34. The van der Waals surface area contributed by atoms with Gasteiger partial charge < -0.3 is 19.8 Å². The van der Waals surface area contributed by atoms with Crippen LogP contribution in [0.4, 0.5) is 10.1 Å². The van der Waals surface area contributed by atoms with E-state index < -0.39 is 11.9 Å². The number of anilines is 1. The topological polar surface area (TPSA) is 83.7 Å². The highest BCUT2D eigenvalue weighted by Gasteiger charge is 2.35. The van der Waals surface area contributed by atoms with Crippen LogP contribution in [0.3, 0.4) is 0 Å². The molecule has 7 nitrogen and oxygen atoms in total. The van der Waals surface area contributed by atoms with E-state index in [0.29, 0.717) is 22.7 Å². The number of H-pyrrole nitrogens is 1. The molecule has 208 valence electrons. The van der Waals surface area contributed by atoms with E-state index in [1.54, 1.807) is 25.3 Å². The van der Waals surface area contributed by atoms with Gasteiger partial charge in [-0.15, -0.1) is 0 Å². The lowest BCUT2D eigenvalue weighted by Gasteiger charge is -2.34. The molecule has 0 bridgehead atoms. The largest absolute Gasteiger partial charge is 0.493 e. The summed E-state index contributed by atoms with van der Waals surface area (Å²) in [7, 11) is 3.07. The van der Waals surface area contributed by atoms with E-state index in [4.69, 9.17) is 9.47 Å². The Bertz CT molecular complexity index is 1480. The second kappa shape index (κ2) is 12.2. The minimum Gasteiger partial charge on any atom is -0.493 e. The number of fused-ring (bicyclic) bond motifs is 1. The number of nitrogens with one attached hydrogen (secondary N) is 2. The smallest absolute Gasteiger partial charge is 0.248 e. The number of amides is 2. The fraction of sp³-hybridized carbons (Fsp3) is 0.312. The zero-order chi connectivity index (χ0) is 28.1. The third-order valence-electron chi connectivity index (χ3n) is 7.57. The molecule has 1 aliphatic carbocycles. The van der Waals surface area contributed by atoms with Gasteiger partial charge in [-0.25, -0.2) is 4.39 Å². The molecule has 1 unspecified atom stereocenters. The molecule has 0 saturated heterocycles. The Hall–Kier alpha value is -4.33. The van der Waals surface area contributed by atoms with Crippen LogP contribution in [0.5, 0.6) is 11.5 Å². The first-order valence-electron chi connectivity index (χ1n) is 13.6. The number of aromatic amines is 1. The van der Waals surface area contributed by atoms with Gasteiger partial charge in [0.15, 0.2) is 11.5 Å². The van der Waals surface area contributed by atoms with Gasteiger partial charge in [-0.2, -0.15) is 0 Å². The fourth-order valence-electron chi connectivity index (χ4n) is 5.53. The highest BCUT2D eigenvalue weighted by atomic mass is 19.1. The first kappa shape index (κ1) is 27.2. The van der Waals surface area contributed by atoms with Crippen LogP contribution in [-0.4, -0.2) is 37.1 Å². The number of carbonyl (C=O) groups is 2. The maximum absolute atomic E-state index is 14.2. The molecule has 1 aliphatic rings. The molecule has 0 radical (unpaired) electrons. The molecule has 1 saturated carbocycles. The van der Waals surface area contributed by atoms with Crippen molar-refractivity contribution >= 4 is 28.4 Å². The number of carbonyl (C=O) groups excluding carboxylic acids is 2. The van der Waals surface area contributed by atoms with E-state index in [1.165, 1.54) is 36.3 Å². The first-order valence-corrected chi connectivity index (χ1v) is 13.6. The molecule has 3 aromatic carbocycles. The molecule has 1 heterocycles. The maximum Gasteiger partial charge on any atom is 0.248 e. The summed E-state index contributed by atoms with van der Waals surface area (Å²) < 4.78 is 24.9. The number of aromatic nitrogens is 1. The van der Waals surface area contributed by atoms with E-state index in [-0.39, 0.29) is 24.3 Å². The summed E-state index contributed by atoms with van der Waals surface area (Å²) in [6.07, 6.45) is 6.89. The molecule has 2 N–H and O–H groups in total. The Balaban J connectivity index is 1.59. The molecular weight excluding hydrogens is 509 g/mol. The van der Waals surface area contributed by atoms with Crippen molar-refractivity contribution in [3.63, 3.8) is 0 Å². The molecule has 1 fully saturated rings. The monoisotopic (exact) mass is 543 g/mol. The van der Waals surface area contributed by atoms with Crippen molar-refractivity contribution in [3.8, 4) is 11.5 Å². The second-order valence-corrected chi connectivity index (χ2v) is 10.1. The number of para-hydroxylation sites is 1. The van der Waals surface area contributed by atoms with Gasteiger partial charge >= 0.3 is 0 Å².